The number of nitrogens with zero attached hydrogens (tertiary/aromatic N) is 2. The minimum Gasteiger partial charge on any atom is -0.478 e. The second-order valence-corrected chi connectivity index (χ2v) is 5.07. The molecule has 2 aromatic heterocycles. The van der Waals surface area contributed by atoms with Crippen LogP contribution in [0.1, 0.15) is 34.1 Å². The number of hydrogen-bond donors (Lipinski definition) is 1. The van der Waals surface area contributed by atoms with Crippen LogP contribution in [0.5, 0.6) is 0 Å². The fourth-order valence-electron chi connectivity index (χ4n) is 2.35. The summed E-state index contributed by atoms with van der Waals surface area (Å²) in [5.41, 5.74) is 4.37. The van der Waals surface area contributed by atoms with Crippen LogP contribution < -0.4 is 0 Å². The highest BCUT2D eigenvalue weighted by atomic mass is 16.4. The van der Waals surface area contributed by atoms with E-state index in [0.29, 0.717) is 5.65 Å². The average Bonchev–Trinajstić information content (AvgIpc) is 2.89. The van der Waals surface area contributed by atoms with Gasteiger partial charge >= 0.3 is 5.97 Å². The Morgan fingerprint density at radius 2 is 1.90 bits per heavy atom. The van der Waals surface area contributed by atoms with Crippen LogP contribution >= 0.6 is 0 Å². The highest BCUT2D eigenvalue weighted by Gasteiger charge is 2.07. The Morgan fingerprint density at radius 1 is 1.19 bits per heavy atom. The first kappa shape index (κ1) is 13.4. The fraction of sp³-hybridized carbons (Fsp3) is 0.176. The molecule has 0 bridgehead atoms. The first-order chi connectivity index (χ1) is 10.2. The van der Waals surface area contributed by atoms with E-state index in [-0.39, 0.29) is 5.56 Å². The molecule has 0 spiro atoms. The fourth-order valence-corrected chi connectivity index (χ4v) is 2.35. The number of hydrogen-bond acceptors (Lipinski definition) is 2. The zero-order valence-corrected chi connectivity index (χ0v) is 11.8. The topological polar surface area (TPSA) is 54.6 Å². The van der Waals surface area contributed by atoms with Gasteiger partial charge in [-0.15, -0.1) is 0 Å². The number of aromatic nitrogens is 2. The summed E-state index contributed by atoms with van der Waals surface area (Å²) in [7, 11) is 0. The minimum absolute atomic E-state index is 0.256. The predicted octanol–water partition coefficient (Wildman–Crippen LogP) is 3.19. The van der Waals surface area contributed by atoms with E-state index in [4.69, 9.17) is 5.11 Å². The molecule has 4 heteroatoms. The number of fused-ring (bicyclic) bond motifs is 1. The summed E-state index contributed by atoms with van der Waals surface area (Å²) in [6.07, 6.45) is 5.45. The molecule has 0 saturated heterocycles. The number of carbonyl (C=O) groups is 1. The van der Waals surface area contributed by atoms with Gasteiger partial charge in [-0.3, -0.25) is 0 Å². The molecule has 0 atom stereocenters. The maximum Gasteiger partial charge on any atom is 0.335 e. The molecular formula is C17H16N2O2. The van der Waals surface area contributed by atoms with Crippen LogP contribution in [0.2, 0.25) is 0 Å². The van der Waals surface area contributed by atoms with E-state index in [1.54, 1.807) is 18.3 Å². The summed E-state index contributed by atoms with van der Waals surface area (Å²) in [5, 5.41) is 9.00. The SMILES string of the molecule is CCc1ccc(Cc2cn3ccc(C(=O)O)cc3n2)cc1. The Bertz CT molecular complexity index is 788. The molecule has 4 nitrogen and oxygen atoms in total. The molecule has 3 aromatic rings. The van der Waals surface area contributed by atoms with Crippen molar-refractivity contribution in [2.75, 3.05) is 0 Å². The third-order valence-electron chi connectivity index (χ3n) is 3.57. The monoisotopic (exact) mass is 280 g/mol. The Labute approximate surface area is 122 Å². The number of pyridine rings is 1. The maximum absolute atomic E-state index is 11.0. The predicted molar refractivity (Wildman–Crippen MR) is 80.8 cm³/mol. The van der Waals surface area contributed by atoms with Crippen LogP contribution in [0.15, 0.2) is 48.8 Å². The number of carboxylic acid groups (broad SMARTS) is 1. The standard InChI is InChI=1S/C17H16N2O2/c1-2-12-3-5-13(6-4-12)9-15-11-19-8-7-14(17(20)21)10-16(19)18-15/h3-8,10-11H,2,9H2,1H3,(H,20,21). The van der Waals surface area contributed by atoms with Crippen LogP contribution in [-0.2, 0) is 12.8 Å². The van der Waals surface area contributed by atoms with E-state index in [2.05, 4.69) is 36.2 Å². The van der Waals surface area contributed by atoms with E-state index in [1.807, 2.05) is 10.6 Å². The van der Waals surface area contributed by atoms with Gasteiger partial charge in [-0.05, 0) is 29.7 Å². The first-order valence-electron chi connectivity index (χ1n) is 6.94. The van der Waals surface area contributed by atoms with Crippen molar-refractivity contribution in [3.63, 3.8) is 0 Å². The largest absolute Gasteiger partial charge is 0.478 e. The first-order valence-corrected chi connectivity index (χ1v) is 6.94. The third-order valence-corrected chi connectivity index (χ3v) is 3.57. The van der Waals surface area contributed by atoms with Crippen molar-refractivity contribution in [3.8, 4) is 0 Å². The van der Waals surface area contributed by atoms with Gasteiger partial charge in [0, 0.05) is 18.8 Å². The number of aromatic carboxylic acids is 1. The highest BCUT2D eigenvalue weighted by molar-refractivity contribution is 5.88. The zero-order chi connectivity index (χ0) is 14.8. The zero-order valence-electron chi connectivity index (χ0n) is 11.8. The molecule has 1 N–H and O–H groups in total. The lowest BCUT2D eigenvalue weighted by atomic mass is 10.1. The van der Waals surface area contributed by atoms with Crippen molar-refractivity contribution in [1.82, 2.24) is 9.38 Å². The molecule has 0 unspecified atom stereocenters. The molecule has 106 valence electrons. The van der Waals surface area contributed by atoms with Crippen LogP contribution in [0.3, 0.4) is 0 Å². The molecule has 0 aliphatic rings. The van der Waals surface area contributed by atoms with E-state index >= 15 is 0 Å². The van der Waals surface area contributed by atoms with E-state index in [9.17, 15) is 4.79 Å². The van der Waals surface area contributed by atoms with Gasteiger partial charge in [-0.2, -0.15) is 0 Å². The van der Waals surface area contributed by atoms with Gasteiger partial charge in [0.25, 0.3) is 0 Å². The van der Waals surface area contributed by atoms with Gasteiger partial charge in [-0.1, -0.05) is 31.2 Å². The van der Waals surface area contributed by atoms with Crippen molar-refractivity contribution in [1.29, 1.82) is 0 Å². The molecular weight excluding hydrogens is 264 g/mol. The second kappa shape index (κ2) is 5.40. The van der Waals surface area contributed by atoms with Crippen LogP contribution in [0.25, 0.3) is 5.65 Å². The van der Waals surface area contributed by atoms with Crippen molar-refractivity contribution in [2.24, 2.45) is 0 Å². The number of benzene rings is 1. The van der Waals surface area contributed by atoms with Crippen molar-refractivity contribution in [2.45, 2.75) is 19.8 Å². The van der Waals surface area contributed by atoms with Gasteiger partial charge in [0.05, 0.1) is 11.3 Å². The van der Waals surface area contributed by atoms with Crippen LogP contribution in [0.4, 0.5) is 0 Å². The van der Waals surface area contributed by atoms with Crippen molar-refractivity contribution >= 4 is 11.6 Å². The van der Waals surface area contributed by atoms with Crippen LogP contribution in [0, 0.1) is 0 Å². The molecule has 0 aliphatic carbocycles. The number of carboxylic acids is 1. The van der Waals surface area contributed by atoms with E-state index < -0.39 is 5.97 Å². The lowest BCUT2D eigenvalue weighted by Gasteiger charge is -2.00. The summed E-state index contributed by atoms with van der Waals surface area (Å²) in [5.74, 6) is -0.933. The van der Waals surface area contributed by atoms with Gasteiger partial charge in [0.15, 0.2) is 0 Å². The summed E-state index contributed by atoms with van der Waals surface area (Å²) >= 11 is 0. The maximum atomic E-state index is 11.0. The molecule has 0 radical (unpaired) electrons. The van der Waals surface area contributed by atoms with E-state index in [0.717, 1.165) is 18.5 Å². The molecule has 2 heterocycles. The number of imidazole rings is 1. The van der Waals surface area contributed by atoms with Gasteiger partial charge < -0.3 is 9.51 Å². The summed E-state index contributed by atoms with van der Waals surface area (Å²) in [6, 6.07) is 11.7. The smallest absolute Gasteiger partial charge is 0.335 e. The molecule has 0 saturated carbocycles. The molecule has 0 fully saturated rings. The Hall–Kier alpha value is -2.62. The minimum atomic E-state index is -0.933. The quantitative estimate of drug-likeness (QED) is 0.798. The normalized spacial score (nSPS) is 10.9. The summed E-state index contributed by atoms with van der Waals surface area (Å²) < 4.78 is 1.85. The van der Waals surface area contributed by atoms with Gasteiger partial charge in [0.1, 0.15) is 5.65 Å². The Kier molecular flexibility index (Phi) is 3.44. The van der Waals surface area contributed by atoms with E-state index in [1.165, 1.54) is 11.1 Å². The molecule has 3 rings (SSSR count). The molecule has 0 amide bonds. The number of rotatable bonds is 4. The average molecular weight is 280 g/mol. The molecule has 1 aromatic carbocycles. The second-order valence-electron chi connectivity index (χ2n) is 5.07. The lowest BCUT2D eigenvalue weighted by Crippen LogP contribution is -1.96. The number of aryl methyl sites for hydroxylation is 1. The summed E-state index contributed by atoms with van der Waals surface area (Å²) in [4.78, 5) is 15.5. The third kappa shape index (κ3) is 2.79. The van der Waals surface area contributed by atoms with Crippen LogP contribution in [-0.4, -0.2) is 20.5 Å². The Morgan fingerprint density at radius 3 is 2.57 bits per heavy atom. The summed E-state index contributed by atoms with van der Waals surface area (Å²) in [6.45, 7) is 2.14. The molecule has 21 heavy (non-hydrogen) atoms. The van der Waals surface area contributed by atoms with Crippen molar-refractivity contribution in [3.05, 3.63) is 71.2 Å². The van der Waals surface area contributed by atoms with Gasteiger partial charge in [-0.25, -0.2) is 9.78 Å². The van der Waals surface area contributed by atoms with Crippen molar-refractivity contribution < 1.29 is 9.90 Å². The highest BCUT2D eigenvalue weighted by Crippen LogP contribution is 2.13. The molecule has 0 aliphatic heterocycles. The van der Waals surface area contributed by atoms with Gasteiger partial charge in [0.2, 0.25) is 0 Å². The lowest BCUT2D eigenvalue weighted by molar-refractivity contribution is 0.0697. The Balaban J connectivity index is 1.88.